The zero-order valence-electron chi connectivity index (χ0n) is 8.77. The summed E-state index contributed by atoms with van der Waals surface area (Å²) in [6.45, 7) is 1.94. The minimum atomic E-state index is 0.187. The maximum absolute atomic E-state index is 5.61. The van der Waals surface area contributed by atoms with Crippen LogP contribution in [0.2, 0.25) is 0 Å². The van der Waals surface area contributed by atoms with Crippen molar-refractivity contribution in [2.45, 2.75) is 18.9 Å². The quantitative estimate of drug-likeness (QED) is 0.790. The van der Waals surface area contributed by atoms with Crippen LogP contribution >= 0.6 is 0 Å². The Morgan fingerprint density at radius 1 is 1.40 bits per heavy atom. The van der Waals surface area contributed by atoms with Crippen LogP contribution in [0.5, 0.6) is 11.8 Å². The van der Waals surface area contributed by atoms with Crippen molar-refractivity contribution < 1.29 is 9.47 Å². The van der Waals surface area contributed by atoms with Crippen molar-refractivity contribution in [3.63, 3.8) is 0 Å². The Balaban J connectivity index is 1.91. The predicted octanol–water partition coefficient (Wildman–Crippen LogP) is 0.616. The van der Waals surface area contributed by atoms with Gasteiger partial charge in [0.2, 0.25) is 0 Å². The van der Waals surface area contributed by atoms with Gasteiger partial charge in [0, 0.05) is 6.54 Å². The lowest BCUT2D eigenvalue weighted by atomic mass is 10.1. The Bertz CT molecular complexity index is 296. The fourth-order valence-electron chi connectivity index (χ4n) is 1.54. The fraction of sp³-hybridized carbons (Fsp3) is 0.600. The molecule has 1 aromatic heterocycles. The second-order valence-electron chi connectivity index (χ2n) is 3.49. The maximum Gasteiger partial charge on any atom is 0.316 e. The van der Waals surface area contributed by atoms with E-state index in [4.69, 9.17) is 9.47 Å². The molecule has 0 aliphatic carbocycles. The summed E-state index contributed by atoms with van der Waals surface area (Å²) >= 11 is 0. The summed E-state index contributed by atoms with van der Waals surface area (Å²) in [5, 5.41) is 3.27. The van der Waals surface area contributed by atoms with Gasteiger partial charge in [-0.2, -0.15) is 9.97 Å². The molecular formula is C10H15N3O2. The van der Waals surface area contributed by atoms with Crippen molar-refractivity contribution in [1.82, 2.24) is 15.3 Å². The number of rotatable bonds is 3. The van der Waals surface area contributed by atoms with Crippen LogP contribution in [0.15, 0.2) is 12.4 Å². The highest BCUT2D eigenvalue weighted by molar-refractivity contribution is 5.13. The van der Waals surface area contributed by atoms with Gasteiger partial charge in [-0.05, 0) is 19.4 Å². The zero-order chi connectivity index (χ0) is 10.5. The summed E-state index contributed by atoms with van der Waals surface area (Å²) in [5.74, 6) is 0.643. The molecule has 5 nitrogen and oxygen atoms in total. The Kier molecular flexibility index (Phi) is 3.34. The first-order valence-corrected chi connectivity index (χ1v) is 5.12. The van der Waals surface area contributed by atoms with Crippen LogP contribution in [-0.2, 0) is 0 Å². The minimum absolute atomic E-state index is 0.187. The van der Waals surface area contributed by atoms with Crippen molar-refractivity contribution in [3.8, 4) is 11.8 Å². The first-order chi connectivity index (χ1) is 7.38. The molecule has 1 aromatic rings. The number of piperidine rings is 1. The van der Waals surface area contributed by atoms with Crippen LogP contribution < -0.4 is 14.8 Å². The number of methoxy groups -OCH3 is 1. The summed E-state index contributed by atoms with van der Waals surface area (Å²) in [6, 6.07) is 0.421. The van der Waals surface area contributed by atoms with Crippen LogP contribution in [-0.4, -0.2) is 36.3 Å². The van der Waals surface area contributed by atoms with E-state index in [9.17, 15) is 0 Å². The molecule has 15 heavy (non-hydrogen) atoms. The topological polar surface area (TPSA) is 56.3 Å². The Hall–Kier alpha value is -1.36. The first-order valence-electron chi connectivity index (χ1n) is 5.12. The van der Waals surface area contributed by atoms with E-state index < -0.39 is 0 Å². The molecule has 1 fully saturated rings. The first kappa shape index (κ1) is 10.2. The molecule has 1 aliphatic rings. The molecule has 0 radical (unpaired) electrons. The minimum Gasteiger partial charge on any atom is -0.494 e. The summed E-state index contributed by atoms with van der Waals surface area (Å²) in [6.07, 6.45) is 5.60. The van der Waals surface area contributed by atoms with Crippen molar-refractivity contribution in [1.29, 1.82) is 0 Å². The van der Waals surface area contributed by atoms with Crippen LogP contribution in [0.4, 0.5) is 0 Å². The average Bonchev–Trinajstić information content (AvgIpc) is 2.31. The number of nitrogens with one attached hydrogen (secondary N) is 1. The van der Waals surface area contributed by atoms with Gasteiger partial charge in [-0.15, -0.1) is 0 Å². The lowest BCUT2D eigenvalue weighted by molar-refractivity contribution is 0.153. The van der Waals surface area contributed by atoms with Crippen molar-refractivity contribution >= 4 is 0 Å². The summed E-state index contributed by atoms with van der Waals surface area (Å²) in [4.78, 5) is 8.12. The number of nitrogens with zero attached hydrogens (tertiary/aromatic N) is 2. The van der Waals surface area contributed by atoms with Gasteiger partial charge in [0.15, 0.2) is 5.75 Å². The largest absolute Gasteiger partial charge is 0.494 e. The van der Waals surface area contributed by atoms with Gasteiger partial charge in [0.25, 0.3) is 0 Å². The van der Waals surface area contributed by atoms with Crippen molar-refractivity contribution in [2.75, 3.05) is 20.2 Å². The van der Waals surface area contributed by atoms with Crippen molar-refractivity contribution in [2.24, 2.45) is 0 Å². The third-order valence-electron chi connectivity index (χ3n) is 2.36. The number of ether oxygens (including phenoxy) is 2. The molecule has 1 N–H and O–H groups in total. The second-order valence-corrected chi connectivity index (χ2v) is 3.49. The van der Waals surface area contributed by atoms with Crippen LogP contribution in [0.1, 0.15) is 12.8 Å². The maximum atomic E-state index is 5.61. The third-order valence-corrected chi connectivity index (χ3v) is 2.36. The van der Waals surface area contributed by atoms with Gasteiger partial charge >= 0.3 is 6.01 Å². The Morgan fingerprint density at radius 2 is 2.20 bits per heavy atom. The highest BCUT2D eigenvalue weighted by Gasteiger charge is 2.15. The Morgan fingerprint density at radius 3 is 2.80 bits per heavy atom. The van der Waals surface area contributed by atoms with Crippen molar-refractivity contribution in [3.05, 3.63) is 12.4 Å². The smallest absolute Gasteiger partial charge is 0.316 e. The van der Waals surface area contributed by atoms with E-state index in [-0.39, 0.29) is 6.10 Å². The fourth-order valence-corrected chi connectivity index (χ4v) is 1.54. The predicted molar refractivity (Wildman–Crippen MR) is 55.1 cm³/mol. The number of aromatic nitrogens is 2. The van der Waals surface area contributed by atoms with E-state index in [1.165, 1.54) is 0 Å². The summed E-state index contributed by atoms with van der Waals surface area (Å²) < 4.78 is 10.6. The molecule has 0 amide bonds. The molecule has 0 bridgehead atoms. The van der Waals surface area contributed by atoms with E-state index in [0.29, 0.717) is 11.8 Å². The standard InChI is InChI=1S/C10H15N3O2/c1-14-9-6-12-10(13-7-9)15-8-3-2-4-11-5-8/h6-8,11H,2-5H2,1H3/t8-/m0/s1. The molecule has 0 aromatic carbocycles. The van der Waals surface area contributed by atoms with Gasteiger partial charge in [0.1, 0.15) is 6.10 Å². The number of hydrogen-bond donors (Lipinski definition) is 1. The van der Waals surface area contributed by atoms with E-state index in [0.717, 1.165) is 25.9 Å². The van der Waals surface area contributed by atoms with Crippen LogP contribution in [0.25, 0.3) is 0 Å². The van der Waals surface area contributed by atoms with E-state index in [2.05, 4.69) is 15.3 Å². The normalized spacial score (nSPS) is 21.0. The molecule has 1 atom stereocenters. The van der Waals surface area contributed by atoms with Gasteiger partial charge < -0.3 is 14.8 Å². The molecular weight excluding hydrogens is 194 g/mol. The summed E-state index contributed by atoms with van der Waals surface area (Å²) in [7, 11) is 1.59. The average molecular weight is 209 g/mol. The molecule has 1 saturated heterocycles. The van der Waals surface area contributed by atoms with Crippen LogP contribution in [0.3, 0.4) is 0 Å². The SMILES string of the molecule is COc1cnc(O[C@H]2CCCNC2)nc1. The highest BCUT2D eigenvalue weighted by Crippen LogP contribution is 2.12. The molecule has 2 rings (SSSR count). The zero-order valence-corrected chi connectivity index (χ0v) is 8.77. The highest BCUT2D eigenvalue weighted by atomic mass is 16.5. The molecule has 0 saturated carbocycles. The molecule has 0 spiro atoms. The second kappa shape index (κ2) is 4.93. The third kappa shape index (κ3) is 2.79. The molecule has 5 heteroatoms. The molecule has 2 heterocycles. The van der Waals surface area contributed by atoms with E-state index >= 15 is 0 Å². The van der Waals surface area contributed by atoms with E-state index in [1.54, 1.807) is 19.5 Å². The van der Waals surface area contributed by atoms with Gasteiger partial charge in [0.05, 0.1) is 19.5 Å². The lowest BCUT2D eigenvalue weighted by Gasteiger charge is -2.22. The Labute approximate surface area is 88.8 Å². The van der Waals surface area contributed by atoms with Crippen LogP contribution in [0, 0.1) is 0 Å². The van der Waals surface area contributed by atoms with Gasteiger partial charge in [-0.3, -0.25) is 0 Å². The summed E-state index contributed by atoms with van der Waals surface area (Å²) in [5.41, 5.74) is 0. The monoisotopic (exact) mass is 209 g/mol. The number of hydrogen-bond acceptors (Lipinski definition) is 5. The molecule has 1 aliphatic heterocycles. The molecule has 82 valence electrons. The van der Waals surface area contributed by atoms with Gasteiger partial charge in [-0.1, -0.05) is 0 Å². The van der Waals surface area contributed by atoms with E-state index in [1.807, 2.05) is 0 Å². The molecule has 0 unspecified atom stereocenters. The van der Waals surface area contributed by atoms with Gasteiger partial charge in [-0.25, -0.2) is 0 Å². The lowest BCUT2D eigenvalue weighted by Crippen LogP contribution is -2.37.